The molecule has 0 aliphatic heterocycles. The zero-order valence-electron chi connectivity index (χ0n) is 10.6. The van der Waals surface area contributed by atoms with Gasteiger partial charge in [0.1, 0.15) is 0 Å². The molecular formula is C11H19N5S. The molecule has 1 rings (SSSR count). The third-order valence-corrected chi connectivity index (χ3v) is 2.97. The van der Waals surface area contributed by atoms with E-state index in [0.29, 0.717) is 6.04 Å². The highest BCUT2D eigenvalue weighted by Crippen LogP contribution is 2.13. The van der Waals surface area contributed by atoms with Crippen LogP contribution in [0.25, 0.3) is 0 Å². The summed E-state index contributed by atoms with van der Waals surface area (Å²) < 4.78 is 1.83. The lowest BCUT2D eigenvalue weighted by Crippen LogP contribution is -2.27. The quantitative estimate of drug-likeness (QED) is 0.449. The molecule has 0 fully saturated rings. The molecule has 17 heavy (non-hydrogen) atoms. The van der Waals surface area contributed by atoms with Gasteiger partial charge in [0.05, 0.1) is 6.54 Å². The molecule has 0 radical (unpaired) electrons. The molecule has 0 aromatic carbocycles. The first kappa shape index (κ1) is 14.0. The van der Waals surface area contributed by atoms with Gasteiger partial charge in [0, 0.05) is 24.8 Å². The van der Waals surface area contributed by atoms with Crippen molar-refractivity contribution in [3.8, 4) is 11.8 Å². The van der Waals surface area contributed by atoms with Crippen LogP contribution in [0.2, 0.25) is 0 Å². The van der Waals surface area contributed by atoms with Crippen molar-refractivity contribution >= 4 is 11.8 Å². The number of hydrogen-bond donors (Lipinski definition) is 1. The van der Waals surface area contributed by atoms with Crippen molar-refractivity contribution in [2.24, 2.45) is 0 Å². The third kappa shape index (κ3) is 5.71. The van der Waals surface area contributed by atoms with E-state index in [9.17, 15) is 0 Å². The first-order chi connectivity index (χ1) is 8.24. The third-order valence-electron chi connectivity index (χ3n) is 2.01. The van der Waals surface area contributed by atoms with Crippen molar-refractivity contribution in [1.82, 2.24) is 25.5 Å². The Morgan fingerprint density at radius 3 is 3.00 bits per heavy atom. The first-order valence-corrected chi connectivity index (χ1v) is 6.74. The minimum atomic E-state index is 0.488. The van der Waals surface area contributed by atoms with Crippen molar-refractivity contribution in [1.29, 1.82) is 0 Å². The second-order valence-corrected chi connectivity index (χ2v) is 4.88. The zero-order valence-corrected chi connectivity index (χ0v) is 11.4. The molecule has 1 aromatic rings. The highest BCUT2D eigenvalue weighted by molar-refractivity contribution is 7.99. The van der Waals surface area contributed by atoms with Crippen LogP contribution in [0.3, 0.4) is 0 Å². The molecule has 1 aromatic heterocycles. The number of rotatable bonds is 7. The van der Waals surface area contributed by atoms with E-state index in [1.165, 1.54) is 0 Å². The summed E-state index contributed by atoms with van der Waals surface area (Å²) in [5, 5.41) is 15.9. The van der Waals surface area contributed by atoms with Gasteiger partial charge >= 0.3 is 0 Å². The Balaban J connectivity index is 2.33. The number of hydrogen-bond acceptors (Lipinski definition) is 5. The summed E-state index contributed by atoms with van der Waals surface area (Å²) in [5.74, 6) is 6.83. The standard InChI is InChI=1S/C11H19N5S/c1-4-5-6-9-17-11-13-14-15-16(11)8-7-12-10(2)3/h10,12H,6-9H2,1-3H3. The van der Waals surface area contributed by atoms with Crippen molar-refractivity contribution in [3.63, 3.8) is 0 Å². The van der Waals surface area contributed by atoms with E-state index in [0.717, 1.165) is 30.4 Å². The lowest BCUT2D eigenvalue weighted by atomic mass is 10.4. The molecule has 0 saturated carbocycles. The first-order valence-electron chi connectivity index (χ1n) is 5.76. The molecule has 1 N–H and O–H groups in total. The Hall–Kier alpha value is -1.06. The van der Waals surface area contributed by atoms with E-state index in [1.807, 2.05) is 11.6 Å². The molecule has 0 amide bonds. The molecule has 6 heteroatoms. The lowest BCUT2D eigenvalue weighted by Gasteiger charge is -2.08. The maximum Gasteiger partial charge on any atom is 0.209 e. The van der Waals surface area contributed by atoms with Crippen molar-refractivity contribution in [2.75, 3.05) is 12.3 Å². The topological polar surface area (TPSA) is 55.6 Å². The molecule has 5 nitrogen and oxygen atoms in total. The fourth-order valence-electron chi connectivity index (χ4n) is 1.22. The van der Waals surface area contributed by atoms with Crippen LogP contribution in [0.1, 0.15) is 27.2 Å². The molecule has 0 atom stereocenters. The van der Waals surface area contributed by atoms with E-state index in [1.54, 1.807) is 11.8 Å². The summed E-state index contributed by atoms with van der Waals surface area (Å²) in [6.07, 6.45) is 0.873. The van der Waals surface area contributed by atoms with Crippen LogP contribution in [0.15, 0.2) is 5.16 Å². The SMILES string of the molecule is CC#CCCSc1nnnn1CCNC(C)C. The van der Waals surface area contributed by atoms with Crippen LogP contribution < -0.4 is 5.32 Å². The molecule has 0 aliphatic carbocycles. The normalized spacial score (nSPS) is 10.4. The van der Waals surface area contributed by atoms with Crippen molar-refractivity contribution < 1.29 is 0 Å². The molecule has 0 unspecified atom stereocenters. The van der Waals surface area contributed by atoms with Gasteiger partial charge in [-0.05, 0) is 17.4 Å². The number of nitrogens with one attached hydrogen (secondary N) is 1. The smallest absolute Gasteiger partial charge is 0.209 e. The summed E-state index contributed by atoms with van der Waals surface area (Å²) in [4.78, 5) is 0. The molecule has 0 saturated heterocycles. The van der Waals surface area contributed by atoms with Crippen LogP contribution in [0, 0.1) is 11.8 Å². The highest BCUT2D eigenvalue weighted by atomic mass is 32.2. The van der Waals surface area contributed by atoms with Crippen LogP contribution in [-0.4, -0.2) is 38.5 Å². The van der Waals surface area contributed by atoms with Crippen molar-refractivity contribution in [2.45, 2.75) is 44.9 Å². The molecular weight excluding hydrogens is 234 g/mol. The summed E-state index contributed by atoms with van der Waals surface area (Å²) in [7, 11) is 0. The summed E-state index contributed by atoms with van der Waals surface area (Å²) in [6, 6.07) is 0.488. The van der Waals surface area contributed by atoms with Gasteiger partial charge in [-0.2, -0.15) is 0 Å². The van der Waals surface area contributed by atoms with Gasteiger partial charge in [0.15, 0.2) is 0 Å². The van der Waals surface area contributed by atoms with Gasteiger partial charge in [-0.3, -0.25) is 0 Å². The van der Waals surface area contributed by atoms with Gasteiger partial charge in [0.25, 0.3) is 0 Å². The molecule has 0 aliphatic rings. The van der Waals surface area contributed by atoms with E-state index >= 15 is 0 Å². The van der Waals surface area contributed by atoms with Crippen LogP contribution in [0.4, 0.5) is 0 Å². The largest absolute Gasteiger partial charge is 0.313 e. The monoisotopic (exact) mass is 253 g/mol. The van der Waals surface area contributed by atoms with Gasteiger partial charge in [-0.1, -0.05) is 25.6 Å². The van der Waals surface area contributed by atoms with Gasteiger partial charge in [0.2, 0.25) is 5.16 Å². The maximum atomic E-state index is 4.00. The van der Waals surface area contributed by atoms with E-state index in [-0.39, 0.29) is 0 Å². The molecule has 0 bridgehead atoms. The van der Waals surface area contributed by atoms with Crippen LogP contribution >= 0.6 is 11.8 Å². The van der Waals surface area contributed by atoms with Gasteiger partial charge < -0.3 is 5.32 Å². The fourth-order valence-corrected chi connectivity index (χ4v) is 1.98. The predicted octanol–water partition coefficient (Wildman–Crippen LogP) is 1.18. The predicted molar refractivity (Wildman–Crippen MR) is 69.7 cm³/mol. The number of nitrogens with zero attached hydrogens (tertiary/aromatic N) is 4. The molecule has 0 spiro atoms. The van der Waals surface area contributed by atoms with E-state index in [2.05, 4.69) is 46.5 Å². The number of tetrazole rings is 1. The van der Waals surface area contributed by atoms with Crippen LogP contribution in [0.5, 0.6) is 0 Å². The highest BCUT2D eigenvalue weighted by Gasteiger charge is 2.05. The lowest BCUT2D eigenvalue weighted by molar-refractivity contribution is 0.485. The average Bonchev–Trinajstić information content (AvgIpc) is 2.72. The van der Waals surface area contributed by atoms with E-state index < -0.39 is 0 Å². The van der Waals surface area contributed by atoms with Crippen LogP contribution in [-0.2, 0) is 6.54 Å². The minimum absolute atomic E-state index is 0.488. The second-order valence-electron chi connectivity index (χ2n) is 3.82. The molecule has 1 heterocycles. The average molecular weight is 253 g/mol. The maximum absolute atomic E-state index is 4.00. The zero-order chi connectivity index (χ0) is 12.5. The Bertz CT molecular complexity index is 377. The van der Waals surface area contributed by atoms with E-state index in [4.69, 9.17) is 0 Å². The number of aromatic nitrogens is 4. The Morgan fingerprint density at radius 1 is 1.47 bits per heavy atom. The summed E-state index contributed by atoms with van der Waals surface area (Å²) in [6.45, 7) is 7.78. The second kappa shape index (κ2) is 8.09. The number of thioether (sulfide) groups is 1. The Kier molecular flexibility index (Phi) is 6.67. The Labute approximate surface area is 107 Å². The molecule has 94 valence electrons. The van der Waals surface area contributed by atoms with Crippen molar-refractivity contribution in [3.05, 3.63) is 0 Å². The minimum Gasteiger partial charge on any atom is -0.313 e. The summed E-state index contributed by atoms with van der Waals surface area (Å²) >= 11 is 1.65. The van der Waals surface area contributed by atoms with Gasteiger partial charge in [-0.15, -0.1) is 16.9 Å². The van der Waals surface area contributed by atoms with Gasteiger partial charge in [-0.25, -0.2) is 4.68 Å². The Morgan fingerprint density at radius 2 is 2.29 bits per heavy atom. The fraction of sp³-hybridized carbons (Fsp3) is 0.727. The summed E-state index contributed by atoms with van der Waals surface area (Å²) in [5.41, 5.74) is 0.